The van der Waals surface area contributed by atoms with E-state index in [1.165, 1.54) is 14.9 Å². The van der Waals surface area contributed by atoms with Gasteiger partial charge in [0.05, 0.1) is 0 Å². The molecule has 2 N–H and O–H groups in total. The van der Waals surface area contributed by atoms with E-state index < -0.39 is 0 Å². The standard InChI is InChI=1S/C8H11N.C7H12N2.Pt/c1-7-2-4-8(6-9)5-3-7;1-7(2)9-5-4-8(3)6-9;/h2-5H,6,9H2,1H3;4-5,7H,1-3H3;. The van der Waals surface area contributed by atoms with Crippen LogP contribution in [0, 0.1) is 10.7 Å². The molecule has 0 fully saturated rings. The summed E-state index contributed by atoms with van der Waals surface area (Å²) < 4.78 is 5.62. The Labute approximate surface area is 126 Å². The summed E-state index contributed by atoms with van der Waals surface area (Å²) in [7, 11) is 2.06. The second-order valence-corrected chi connectivity index (χ2v) is 5.86. The van der Waals surface area contributed by atoms with Crippen LogP contribution in [0.4, 0.5) is 0 Å². The third kappa shape index (κ3) is 4.93. The van der Waals surface area contributed by atoms with E-state index in [1.807, 2.05) is 0 Å². The summed E-state index contributed by atoms with van der Waals surface area (Å²) in [6, 6.07) is 8.81. The Bertz CT molecular complexity index is 550. The van der Waals surface area contributed by atoms with Crippen molar-refractivity contribution in [3.8, 4) is 0 Å². The predicted molar refractivity (Wildman–Crippen MR) is 76.1 cm³/mol. The predicted octanol–water partition coefficient (Wildman–Crippen LogP) is 2.94. The number of aryl methyl sites for hydroxylation is 2. The first-order valence-electron chi connectivity index (χ1n) is 6.40. The van der Waals surface area contributed by atoms with E-state index in [0.717, 1.165) is 0 Å². The molecular weight excluding hydrogens is 417 g/mol. The summed E-state index contributed by atoms with van der Waals surface area (Å²) in [5.74, 6) is 0. The van der Waals surface area contributed by atoms with Crippen LogP contribution in [-0.2, 0) is 32.9 Å². The molecule has 0 aliphatic carbocycles. The topological polar surface area (TPSA) is 35.9 Å². The molecule has 0 bridgehead atoms. The van der Waals surface area contributed by atoms with Gasteiger partial charge in [0.1, 0.15) is 0 Å². The summed E-state index contributed by atoms with van der Waals surface area (Å²) >= 11 is 2.33. The smallest absolute Gasteiger partial charge is 0.0178 e. The fraction of sp³-hybridized carbons (Fsp3) is 0.400. The number of imidazole rings is 1. The van der Waals surface area contributed by atoms with Gasteiger partial charge in [-0.15, -0.1) is 0 Å². The van der Waals surface area contributed by atoms with Gasteiger partial charge in [-0.05, 0) is 12.5 Å². The fourth-order valence-electron chi connectivity index (χ4n) is 1.56. The maximum Gasteiger partial charge on any atom is 0.0178 e. The number of benzene rings is 1. The molecule has 0 aliphatic heterocycles. The SMILES string of the molecule is CC(C)n1ccn(C)[c]1=[Pt].Cc1ccc(CN)cc1. The van der Waals surface area contributed by atoms with E-state index in [4.69, 9.17) is 5.73 Å². The van der Waals surface area contributed by atoms with Gasteiger partial charge >= 0.3 is 71.6 Å². The molecule has 0 spiro atoms. The summed E-state index contributed by atoms with van der Waals surface area (Å²) in [6.07, 6.45) is 4.18. The molecule has 0 atom stereocenters. The fourth-order valence-corrected chi connectivity index (χ4v) is 2.49. The zero-order chi connectivity index (χ0) is 14.4. The number of aromatic nitrogens is 2. The average Bonchev–Trinajstić information content (AvgIpc) is 2.72. The molecule has 1 aromatic heterocycles. The van der Waals surface area contributed by atoms with Gasteiger partial charge in [-0.25, -0.2) is 0 Å². The second-order valence-electron chi connectivity index (χ2n) is 4.84. The van der Waals surface area contributed by atoms with Crippen LogP contribution in [-0.4, -0.2) is 9.13 Å². The van der Waals surface area contributed by atoms with Crippen LogP contribution in [0.5, 0.6) is 0 Å². The number of hydrogen-bond donors (Lipinski definition) is 1. The minimum atomic E-state index is 0.564. The Kier molecular flexibility index (Phi) is 6.47. The first-order valence-corrected chi connectivity index (χ1v) is 7.53. The Morgan fingerprint density at radius 3 is 2.05 bits per heavy atom. The van der Waals surface area contributed by atoms with Crippen LogP contribution in [0.25, 0.3) is 0 Å². The third-order valence-corrected chi connectivity index (χ3v) is 4.22. The molecule has 1 aromatic carbocycles. The molecule has 19 heavy (non-hydrogen) atoms. The molecule has 0 radical (unpaired) electrons. The van der Waals surface area contributed by atoms with E-state index >= 15 is 0 Å². The molecule has 0 aliphatic rings. The molecular formula is C15H23N3Pt. The minimum absolute atomic E-state index is 0.564. The Morgan fingerprint density at radius 1 is 1.16 bits per heavy atom. The first kappa shape index (κ1) is 16.1. The Morgan fingerprint density at radius 2 is 1.74 bits per heavy atom. The monoisotopic (exact) mass is 440 g/mol. The average molecular weight is 440 g/mol. The summed E-state index contributed by atoms with van der Waals surface area (Å²) in [4.78, 5) is 0. The van der Waals surface area contributed by atoms with Crippen LogP contribution in [0.15, 0.2) is 36.7 Å². The quantitative estimate of drug-likeness (QED) is 0.766. The van der Waals surface area contributed by atoms with E-state index in [2.05, 4.69) is 93.0 Å². The molecule has 4 heteroatoms. The zero-order valence-corrected chi connectivity index (χ0v) is 14.3. The molecule has 0 saturated carbocycles. The number of rotatable bonds is 2. The zero-order valence-electron chi connectivity index (χ0n) is 12.0. The van der Waals surface area contributed by atoms with E-state index in [1.54, 1.807) is 0 Å². The molecule has 0 unspecified atom stereocenters. The van der Waals surface area contributed by atoms with Crippen molar-refractivity contribution >= 4 is 0 Å². The number of nitrogens with two attached hydrogens (primary N) is 1. The van der Waals surface area contributed by atoms with Crippen molar-refractivity contribution in [1.29, 1.82) is 0 Å². The molecule has 2 aromatic rings. The van der Waals surface area contributed by atoms with E-state index in [0.29, 0.717) is 12.6 Å². The van der Waals surface area contributed by atoms with Gasteiger partial charge in [-0.3, -0.25) is 0 Å². The van der Waals surface area contributed by atoms with Crippen molar-refractivity contribution < 1.29 is 19.4 Å². The molecule has 1 heterocycles. The van der Waals surface area contributed by atoms with Gasteiger partial charge in [0.2, 0.25) is 0 Å². The first-order chi connectivity index (χ1) is 8.95. The van der Waals surface area contributed by atoms with Gasteiger partial charge in [-0.1, -0.05) is 29.8 Å². The van der Waals surface area contributed by atoms with Crippen LogP contribution in [0.3, 0.4) is 0 Å². The van der Waals surface area contributed by atoms with Crippen molar-refractivity contribution in [3.63, 3.8) is 0 Å². The van der Waals surface area contributed by atoms with E-state index in [-0.39, 0.29) is 0 Å². The molecule has 2 rings (SSSR count). The summed E-state index contributed by atoms with van der Waals surface area (Å²) in [6.45, 7) is 7.08. The maximum absolute atomic E-state index is 5.40. The minimum Gasteiger partial charge on any atom is -0.326 e. The maximum atomic E-state index is 5.40. The van der Waals surface area contributed by atoms with Crippen molar-refractivity contribution in [1.82, 2.24) is 9.13 Å². The second kappa shape index (κ2) is 7.62. The number of nitrogens with zero attached hydrogens (tertiary/aromatic N) is 2. The van der Waals surface area contributed by atoms with Crippen molar-refractivity contribution in [2.24, 2.45) is 12.8 Å². The molecule has 3 nitrogen and oxygen atoms in total. The Balaban J connectivity index is 0.000000191. The molecule has 108 valence electrons. The van der Waals surface area contributed by atoms with Gasteiger partial charge in [0.25, 0.3) is 0 Å². The molecule has 0 amide bonds. The van der Waals surface area contributed by atoms with Crippen LogP contribution in [0.2, 0.25) is 0 Å². The van der Waals surface area contributed by atoms with Gasteiger partial charge in [0, 0.05) is 6.54 Å². The largest absolute Gasteiger partial charge is 0.326 e. The van der Waals surface area contributed by atoms with Gasteiger partial charge in [-0.2, -0.15) is 0 Å². The van der Waals surface area contributed by atoms with Gasteiger partial charge in [0.15, 0.2) is 0 Å². The van der Waals surface area contributed by atoms with E-state index in [9.17, 15) is 0 Å². The Hall–Kier alpha value is -0.922. The van der Waals surface area contributed by atoms with Crippen molar-refractivity contribution in [3.05, 3.63) is 51.6 Å². The third-order valence-electron chi connectivity index (χ3n) is 2.83. The summed E-state index contributed by atoms with van der Waals surface area (Å²) in [5.41, 5.74) is 7.88. The summed E-state index contributed by atoms with van der Waals surface area (Å²) in [5, 5.41) is 0. The normalized spacial score (nSPS) is 10.3. The molecule has 0 saturated heterocycles. The van der Waals surface area contributed by atoms with Crippen LogP contribution in [0.1, 0.15) is 31.0 Å². The van der Waals surface area contributed by atoms with Crippen LogP contribution < -0.4 is 5.73 Å². The van der Waals surface area contributed by atoms with Crippen molar-refractivity contribution in [2.75, 3.05) is 0 Å². The van der Waals surface area contributed by atoms with Crippen LogP contribution >= 0.6 is 0 Å². The van der Waals surface area contributed by atoms with Crippen molar-refractivity contribution in [2.45, 2.75) is 33.4 Å². The van der Waals surface area contributed by atoms with Gasteiger partial charge < -0.3 is 5.73 Å². The number of hydrogen-bond acceptors (Lipinski definition) is 1.